The Kier molecular flexibility index (Phi) is 5.72. The van der Waals surface area contributed by atoms with Gasteiger partial charge in [0.25, 0.3) is 5.56 Å². The summed E-state index contributed by atoms with van der Waals surface area (Å²) in [4.78, 5) is 12.6. The Bertz CT molecular complexity index is 864. The molecular weight excluding hydrogens is 328 g/mol. The highest BCUT2D eigenvalue weighted by Crippen LogP contribution is 2.27. The van der Waals surface area contributed by atoms with E-state index in [1.807, 2.05) is 13.0 Å². The lowest BCUT2D eigenvalue weighted by molar-refractivity contribution is 0.399. The van der Waals surface area contributed by atoms with E-state index in [0.717, 1.165) is 6.42 Å². The van der Waals surface area contributed by atoms with E-state index in [1.165, 1.54) is 4.57 Å². The highest BCUT2D eigenvalue weighted by Gasteiger charge is 2.18. The number of hydrogen-bond acceptors (Lipinski definition) is 5. The van der Waals surface area contributed by atoms with Gasteiger partial charge in [0.2, 0.25) is 5.88 Å². The summed E-state index contributed by atoms with van der Waals surface area (Å²) in [5, 5.41) is 28.0. The number of aromatic hydroxyl groups is 1. The van der Waals surface area contributed by atoms with Crippen LogP contribution in [-0.4, -0.2) is 9.67 Å². The largest absolute Gasteiger partial charge is 0.493 e. The highest BCUT2D eigenvalue weighted by atomic mass is 35.5. The molecule has 124 valence electrons. The second-order valence-corrected chi connectivity index (χ2v) is 5.71. The zero-order chi connectivity index (χ0) is 17.7. The van der Waals surface area contributed by atoms with Gasteiger partial charge in [0.15, 0.2) is 5.69 Å². The Balaban J connectivity index is 2.54. The summed E-state index contributed by atoms with van der Waals surface area (Å²) < 4.78 is 1.17. The lowest BCUT2D eigenvalue weighted by Gasteiger charge is -2.12. The van der Waals surface area contributed by atoms with Gasteiger partial charge in [-0.05, 0) is 37.6 Å². The molecule has 1 aromatic heterocycles. The topological polar surface area (TPSA) is 90.7 Å². The van der Waals surface area contributed by atoms with E-state index in [4.69, 9.17) is 11.6 Å². The molecule has 1 aromatic carbocycles. The van der Waals surface area contributed by atoms with E-state index in [-0.39, 0.29) is 17.1 Å². The monoisotopic (exact) mass is 344 g/mol. The summed E-state index contributed by atoms with van der Waals surface area (Å²) in [5.41, 5.74) is 0.469. The van der Waals surface area contributed by atoms with Crippen LogP contribution in [0.1, 0.15) is 30.9 Å². The van der Waals surface area contributed by atoms with Crippen LogP contribution in [0.25, 0.3) is 0 Å². The number of nitrogens with zero attached hydrogens (tertiary/aromatic N) is 4. The van der Waals surface area contributed by atoms with E-state index in [2.05, 4.69) is 10.2 Å². The van der Waals surface area contributed by atoms with Gasteiger partial charge >= 0.3 is 0 Å². The van der Waals surface area contributed by atoms with Crippen molar-refractivity contribution in [2.24, 2.45) is 10.2 Å². The van der Waals surface area contributed by atoms with Crippen LogP contribution < -0.4 is 5.56 Å². The van der Waals surface area contributed by atoms with Crippen LogP contribution in [0, 0.1) is 18.3 Å². The van der Waals surface area contributed by atoms with Gasteiger partial charge in [-0.2, -0.15) is 10.4 Å². The van der Waals surface area contributed by atoms with Crippen molar-refractivity contribution in [3.8, 4) is 11.9 Å². The minimum atomic E-state index is -0.463. The van der Waals surface area contributed by atoms with Crippen molar-refractivity contribution in [1.82, 2.24) is 4.57 Å². The number of pyridine rings is 1. The minimum Gasteiger partial charge on any atom is -0.493 e. The van der Waals surface area contributed by atoms with Crippen LogP contribution in [0.2, 0.25) is 5.02 Å². The lowest BCUT2D eigenvalue weighted by atomic mass is 10.1. The predicted octanol–water partition coefficient (Wildman–Crippen LogP) is 4.60. The van der Waals surface area contributed by atoms with Crippen LogP contribution >= 0.6 is 11.6 Å². The molecule has 1 N–H and O–H groups in total. The molecule has 0 saturated carbocycles. The second-order valence-electron chi connectivity index (χ2n) is 5.27. The van der Waals surface area contributed by atoms with Gasteiger partial charge in [0.1, 0.15) is 11.6 Å². The zero-order valence-electron chi connectivity index (χ0n) is 13.5. The maximum Gasteiger partial charge on any atom is 0.281 e. The summed E-state index contributed by atoms with van der Waals surface area (Å²) in [6.45, 7) is 3.86. The summed E-state index contributed by atoms with van der Waals surface area (Å²) in [7, 11) is 0. The fraction of sp³-hybridized carbons (Fsp3) is 0.294. The van der Waals surface area contributed by atoms with Gasteiger partial charge in [-0.25, -0.2) is 0 Å². The van der Waals surface area contributed by atoms with Gasteiger partial charge < -0.3 is 5.11 Å². The standard InChI is InChI=1S/C17H17ClN4O2/c1-3-4-9-22-16(23)14(10-19)11(2)15(17(22)24)21-20-13-7-5-12(18)6-8-13/h5-8,23H,3-4,9H2,1-2H3. The molecule has 0 saturated heterocycles. The fourth-order valence-electron chi connectivity index (χ4n) is 2.20. The van der Waals surface area contributed by atoms with Gasteiger partial charge in [0, 0.05) is 17.1 Å². The van der Waals surface area contributed by atoms with Crippen molar-refractivity contribution in [1.29, 1.82) is 5.26 Å². The summed E-state index contributed by atoms with van der Waals surface area (Å²) in [5.74, 6) is -0.320. The maximum atomic E-state index is 12.6. The number of unbranched alkanes of at least 4 members (excludes halogenated alkanes) is 1. The number of benzene rings is 1. The summed E-state index contributed by atoms with van der Waals surface area (Å²) in [6.07, 6.45) is 1.55. The average molecular weight is 345 g/mol. The number of aromatic nitrogens is 1. The van der Waals surface area contributed by atoms with Crippen LogP contribution in [0.4, 0.5) is 11.4 Å². The van der Waals surface area contributed by atoms with Crippen LogP contribution in [0.3, 0.4) is 0 Å². The molecule has 0 atom stereocenters. The molecule has 0 aliphatic rings. The van der Waals surface area contributed by atoms with Gasteiger partial charge in [0.05, 0.1) is 5.69 Å². The third-order valence-electron chi connectivity index (χ3n) is 3.60. The molecular formula is C17H17ClN4O2. The summed E-state index contributed by atoms with van der Waals surface area (Å²) in [6, 6.07) is 8.60. The number of rotatable bonds is 5. The van der Waals surface area contributed by atoms with Gasteiger partial charge in [-0.15, -0.1) is 5.11 Å². The smallest absolute Gasteiger partial charge is 0.281 e. The molecule has 0 bridgehead atoms. The van der Waals surface area contributed by atoms with Gasteiger partial charge in [-0.3, -0.25) is 9.36 Å². The normalized spacial score (nSPS) is 10.9. The van der Waals surface area contributed by atoms with Crippen molar-refractivity contribution in [2.45, 2.75) is 33.2 Å². The van der Waals surface area contributed by atoms with E-state index in [9.17, 15) is 15.2 Å². The van der Waals surface area contributed by atoms with Crippen LogP contribution in [0.5, 0.6) is 5.88 Å². The first kappa shape index (κ1) is 17.7. The maximum absolute atomic E-state index is 12.6. The molecule has 0 radical (unpaired) electrons. The molecule has 0 spiro atoms. The minimum absolute atomic E-state index is 0.0377. The Morgan fingerprint density at radius 3 is 2.54 bits per heavy atom. The molecule has 0 fully saturated rings. The average Bonchev–Trinajstić information content (AvgIpc) is 2.57. The van der Waals surface area contributed by atoms with Gasteiger partial charge in [-0.1, -0.05) is 24.9 Å². The van der Waals surface area contributed by atoms with E-state index < -0.39 is 5.56 Å². The fourth-order valence-corrected chi connectivity index (χ4v) is 2.32. The molecule has 6 nitrogen and oxygen atoms in total. The number of azo groups is 1. The Morgan fingerprint density at radius 2 is 1.96 bits per heavy atom. The first-order chi connectivity index (χ1) is 11.5. The van der Waals surface area contributed by atoms with Crippen molar-refractivity contribution < 1.29 is 5.11 Å². The third-order valence-corrected chi connectivity index (χ3v) is 3.85. The molecule has 0 aliphatic carbocycles. The van der Waals surface area contributed by atoms with Crippen molar-refractivity contribution in [3.63, 3.8) is 0 Å². The zero-order valence-corrected chi connectivity index (χ0v) is 14.2. The van der Waals surface area contributed by atoms with E-state index in [1.54, 1.807) is 31.2 Å². The van der Waals surface area contributed by atoms with Crippen molar-refractivity contribution in [3.05, 3.63) is 50.8 Å². The van der Waals surface area contributed by atoms with Crippen molar-refractivity contribution >= 4 is 23.0 Å². The van der Waals surface area contributed by atoms with Crippen LogP contribution in [0.15, 0.2) is 39.3 Å². The lowest BCUT2D eigenvalue weighted by Crippen LogP contribution is -2.22. The van der Waals surface area contributed by atoms with E-state index in [0.29, 0.717) is 29.2 Å². The third kappa shape index (κ3) is 3.63. The molecule has 0 unspecified atom stereocenters. The number of halogens is 1. The number of nitriles is 1. The summed E-state index contributed by atoms with van der Waals surface area (Å²) >= 11 is 5.82. The van der Waals surface area contributed by atoms with E-state index >= 15 is 0 Å². The molecule has 2 rings (SSSR count). The van der Waals surface area contributed by atoms with Crippen LogP contribution in [-0.2, 0) is 6.54 Å². The predicted molar refractivity (Wildman–Crippen MR) is 92.4 cm³/mol. The molecule has 1 heterocycles. The quantitative estimate of drug-likeness (QED) is 0.803. The molecule has 0 aliphatic heterocycles. The Hall–Kier alpha value is -2.65. The Morgan fingerprint density at radius 1 is 1.29 bits per heavy atom. The second kappa shape index (κ2) is 7.75. The number of hydrogen-bond donors (Lipinski definition) is 1. The first-order valence-electron chi connectivity index (χ1n) is 7.53. The molecule has 0 amide bonds. The molecule has 2 aromatic rings. The molecule has 7 heteroatoms. The SMILES string of the molecule is CCCCn1c(O)c(C#N)c(C)c(N=Nc2ccc(Cl)cc2)c1=O. The first-order valence-corrected chi connectivity index (χ1v) is 7.91. The Labute approximate surface area is 144 Å². The highest BCUT2D eigenvalue weighted by molar-refractivity contribution is 6.30. The van der Waals surface area contributed by atoms with Crippen molar-refractivity contribution in [2.75, 3.05) is 0 Å². The molecule has 24 heavy (non-hydrogen) atoms.